The van der Waals surface area contributed by atoms with Gasteiger partial charge in [-0.05, 0) is 83.5 Å². The lowest BCUT2D eigenvalue weighted by Crippen LogP contribution is -2.52. The molecule has 4 heterocycles. The first kappa shape index (κ1) is 31.3. The van der Waals surface area contributed by atoms with Crippen molar-refractivity contribution in [2.24, 2.45) is 11.3 Å². The minimum atomic E-state index is -0.803. The zero-order valence-corrected chi connectivity index (χ0v) is 26.6. The van der Waals surface area contributed by atoms with E-state index in [1.807, 2.05) is 31.7 Å². The Morgan fingerprint density at radius 2 is 1.93 bits per heavy atom. The molecule has 2 aromatic rings. The topological polar surface area (TPSA) is 78.7 Å². The van der Waals surface area contributed by atoms with E-state index in [-0.39, 0.29) is 23.9 Å². The van der Waals surface area contributed by atoms with E-state index in [1.165, 1.54) is 12.1 Å². The maximum absolute atomic E-state index is 15.2. The number of pyridine rings is 1. The molecule has 0 N–H and O–H groups in total. The van der Waals surface area contributed by atoms with Gasteiger partial charge in [-0.3, -0.25) is 9.78 Å². The summed E-state index contributed by atoms with van der Waals surface area (Å²) in [5.41, 5.74) is 0.489. The normalized spacial score (nSPS) is 31.0. The molecule has 10 heteroatoms. The molecule has 44 heavy (non-hydrogen) atoms. The van der Waals surface area contributed by atoms with E-state index in [0.717, 1.165) is 30.2 Å². The number of fused-ring (bicyclic) bond motifs is 2. The molecule has 1 spiro atoms. The summed E-state index contributed by atoms with van der Waals surface area (Å²) in [6, 6.07) is 8.21. The van der Waals surface area contributed by atoms with Crippen LogP contribution in [0.5, 0.6) is 0 Å². The van der Waals surface area contributed by atoms with Crippen molar-refractivity contribution in [3.8, 4) is 6.07 Å². The highest BCUT2D eigenvalue weighted by Gasteiger charge is 2.55. The minimum absolute atomic E-state index is 0.000132. The first-order valence-corrected chi connectivity index (χ1v) is 16.1. The van der Waals surface area contributed by atoms with Crippen LogP contribution in [-0.2, 0) is 19.9 Å². The molecule has 6 rings (SSSR count). The molecular weight excluding hydrogens is 586 g/mol. The van der Waals surface area contributed by atoms with Crippen molar-refractivity contribution in [1.29, 1.82) is 5.26 Å². The van der Waals surface area contributed by atoms with Gasteiger partial charge in [0.2, 0.25) is 5.91 Å². The largest absolute Gasteiger partial charge is 0.381 e. The second-order valence-corrected chi connectivity index (χ2v) is 14.2. The predicted octanol–water partition coefficient (Wildman–Crippen LogP) is 6.51. The lowest BCUT2D eigenvalue weighted by atomic mass is 9.80. The maximum atomic E-state index is 15.2. The zero-order chi connectivity index (χ0) is 31.4. The van der Waals surface area contributed by atoms with E-state index in [4.69, 9.17) is 26.1 Å². The van der Waals surface area contributed by atoms with Crippen molar-refractivity contribution in [3.63, 3.8) is 0 Å². The van der Waals surface area contributed by atoms with E-state index >= 15 is 4.39 Å². The van der Waals surface area contributed by atoms with Crippen LogP contribution in [0.3, 0.4) is 0 Å². The van der Waals surface area contributed by atoms with Gasteiger partial charge in [0.25, 0.3) is 0 Å². The molecule has 1 aromatic heterocycles. The van der Waals surface area contributed by atoms with E-state index in [9.17, 15) is 14.4 Å². The summed E-state index contributed by atoms with van der Waals surface area (Å²) in [6.45, 7) is 7.60. The first-order chi connectivity index (χ1) is 20.9. The summed E-state index contributed by atoms with van der Waals surface area (Å²) in [6.07, 6.45) is 5.26. The fourth-order valence-electron chi connectivity index (χ4n) is 8.20. The number of hydrogen-bond acceptors (Lipinski definition) is 6. The van der Waals surface area contributed by atoms with Crippen LogP contribution in [0, 0.1) is 34.3 Å². The molecule has 6 atom stereocenters. The van der Waals surface area contributed by atoms with Gasteiger partial charge < -0.3 is 19.3 Å². The van der Waals surface area contributed by atoms with Crippen LogP contribution in [0.4, 0.5) is 8.78 Å². The Morgan fingerprint density at radius 3 is 2.61 bits per heavy atom. The molecule has 0 radical (unpaired) electrons. The second-order valence-electron chi connectivity index (χ2n) is 13.8. The van der Waals surface area contributed by atoms with Gasteiger partial charge in [0.15, 0.2) is 0 Å². The third kappa shape index (κ3) is 5.53. The average Bonchev–Trinajstić information content (AvgIpc) is 3.57. The predicted molar refractivity (Wildman–Crippen MR) is 162 cm³/mol. The van der Waals surface area contributed by atoms with Gasteiger partial charge in [0, 0.05) is 68.0 Å². The number of piperidine rings is 1. The molecule has 3 aliphatic heterocycles. The monoisotopic (exact) mass is 626 g/mol. The summed E-state index contributed by atoms with van der Waals surface area (Å²) in [4.78, 5) is 23.4. The lowest BCUT2D eigenvalue weighted by Gasteiger charge is -2.45. The number of ether oxygens (including phenoxy) is 2. The third-order valence-corrected chi connectivity index (χ3v) is 10.8. The number of nitrogens with zero attached hydrogens (tertiary/aromatic N) is 4. The van der Waals surface area contributed by atoms with Crippen LogP contribution in [0.2, 0.25) is 5.02 Å². The van der Waals surface area contributed by atoms with Gasteiger partial charge in [-0.25, -0.2) is 8.78 Å². The molecule has 4 unspecified atom stereocenters. The Kier molecular flexibility index (Phi) is 8.51. The molecule has 1 aliphatic carbocycles. The number of benzene rings is 1. The Hall–Kier alpha value is -2.64. The minimum Gasteiger partial charge on any atom is -0.381 e. The van der Waals surface area contributed by atoms with Crippen molar-refractivity contribution in [3.05, 3.63) is 63.9 Å². The Morgan fingerprint density at radius 1 is 1.18 bits per heavy atom. The fourth-order valence-corrected chi connectivity index (χ4v) is 8.37. The number of rotatable bonds is 5. The number of nitriles is 1. The number of carbonyl (C=O) groups is 1. The van der Waals surface area contributed by atoms with Crippen molar-refractivity contribution < 1.29 is 23.0 Å². The summed E-state index contributed by atoms with van der Waals surface area (Å²) in [5, 5.41) is 10.4. The highest BCUT2D eigenvalue weighted by atomic mass is 35.5. The smallest absolute Gasteiger partial charge is 0.226 e. The summed E-state index contributed by atoms with van der Waals surface area (Å²) in [7, 11) is 2.10. The van der Waals surface area contributed by atoms with E-state index in [0.29, 0.717) is 62.1 Å². The Labute approximate surface area is 263 Å². The van der Waals surface area contributed by atoms with Crippen molar-refractivity contribution in [2.75, 3.05) is 26.8 Å². The quantitative estimate of drug-likeness (QED) is 0.376. The summed E-state index contributed by atoms with van der Waals surface area (Å²) < 4.78 is 41.4. The standard InChI is InChI=1S/C34H41ClF2N4O3/c1-20-17-34(30-28(13-21(35)18-39-30)31(44-34)33(2,3)19-38)9-10-41(20)32(42)27-16-24(40(4)23-7-11-43-12-8-23)15-26(27)25-6-5-22(36)14-29(25)37/h5-6,13-14,18,20,23-24,26-27,31H,7-12,15-17H2,1-4H3/t20?,24?,26-,27+,31?,34?/m0/s1. The van der Waals surface area contributed by atoms with Gasteiger partial charge >= 0.3 is 0 Å². The van der Waals surface area contributed by atoms with Gasteiger partial charge in [0.05, 0.1) is 22.2 Å². The second kappa shape index (κ2) is 11.9. The molecule has 0 bridgehead atoms. The van der Waals surface area contributed by atoms with Gasteiger partial charge in [-0.15, -0.1) is 0 Å². The summed E-state index contributed by atoms with van der Waals surface area (Å²) in [5.74, 6) is -2.01. The zero-order valence-electron chi connectivity index (χ0n) is 25.9. The van der Waals surface area contributed by atoms with Crippen molar-refractivity contribution >= 4 is 17.5 Å². The lowest BCUT2D eigenvalue weighted by molar-refractivity contribution is -0.161. The number of amides is 1. The molecule has 1 aromatic carbocycles. The molecule has 7 nitrogen and oxygen atoms in total. The van der Waals surface area contributed by atoms with E-state index in [2.05, 4.69) is 18.0 Å². The Bertz CT molecular complexity index is 1460. The molecule has 1 saturated carbocycles. The van der Waals surface area contributed by atoms with Gasteiger partial charge in [0.1, 0.15) is 23.3 Å². The number of likely N-dealkylation sites (tertiary alicyclic amines) is 1. The number of hydrogen-bond donors (Lipinski definition) is 0. The van der Waals surface area contributed by atoms with Crippen LogP contribution in [0.25, 0.3) is 0 Å². The number of aromatic nitrogens is 1. The van der Waals surface area contributed by atoms with E-state index < -0.39 is 34.7 Å². The first-order valence-electron chi connectivity index (χ1n) is 15.7. The van der Waals surface area contributed by atoms with Crippen LogP contribution < -0.4 is 0 Å². The molecule has 3 fully saturated rings. The molecule has 236 valence electrons. The van der Waals surface area contributed by atoms with Gasteiger partial charge in [-0.2, -0.15) is 5.26 Å². The molecule has 4 aliphatic rings. The fraction of sp³-hybridized carbons (Fsp3) is 0.618. The summed E-state index contributed by atoms with van der Waals surface area (Å²) >= 11 is 6.33. The van der Waals surface area contributed by atoms with Crippen LogP contribution in [-0.4, -0.2) is 65.6 Å². The van der Waals surface area contributed by atoms with Crippen molar-refractivity contribution in [1.82, 2.24) is 14.8 Å². The highest BCUT2D eigenvalue weighted by molar-refractivity contribution is 6.30. The van der Waals surface area contributed by atoms with Crippen LogP contribution in [0.1, 0.15) is 88.1 Å². The maximum Gasteiger partial charge on any atom is 0.226 e. The number of halogens is 3. The molecular formula is C34H41ClF2N4O3. The highest BCUT2D eigenvalue weighted by Crippen LogP contribution is 2.55. The van der Waals surface area contributed by atoms with Crippen LogP contribution in [0.15, 0.2) is 30.5 Å². The van der Waals surface area contributed by atoms with Crippen LogP contribution >= 0.6 is 11.6 Å². The number of carbonyl (C=O) groups excluding carboxylic acids is 1. The van der Waals surface area contributed by atoms with Gasteiger partial charge in [-0.1, -0.05) is 17.7 Å². The SMILES string of the molecule is CC1CC2(CCN1C(=O)[C@@H]1CC(N(C)C3CCOCC3)C[C@H]1c1ccc(F)cc1F)OC(C(C)(C)C#N)c1cc(Cl)cnc12. The molecule has 2 saturated heterocycles. The molecule has 1 amide bonds. The average molecular weight is 627 g/mol. The Balaban J connectivity index is 1.26. The van der Waals surface area contributed by atoms with E-state index in [1.54, 1.807) is 6.20 Å². The van der Waals surface area contributed by atoms with Crippen molar-refractivity contribution in [2.45, 2.75) is 95.0 Å². The third-order valence-electron chi connectivity index (χ3n) is 10.6.